The van der Waals surface area contributed by atoms with E-state index in [-0.39, 0.29) is 18.6 Å². The topological polar surface area (TPSA) is 58.2 Å². The van der Waals surface area contributed by atoms with Crippen molar-refractivity contribution >= 4 is 17.5 Å². The summed E-state index contributed by atoms with van der Waals surface area (Å²) in [6.07, 6.45) is 3.70. The number of halogens is 1. The van der Waals surface area contributed by atoms with Gasteiger partial charge in [-0.15, -0.1) is 0 Å². The van der Waals surface area contributed by atoms with Gasteiger partial charge >= 0.3 is 0 Å². The van der Waals surface area contributed by atoms with Crippen LogP contribution in [0.25, 0.3) is 11.3 Å². The monoisotopic (exact) mass is 319 g/mol. The lowest BCUT2D eigenvalue weighted by atomic mass is 10.2. The van der Waals surface area contributed by atoms with Gasteiger partial charge in [-0.3, -0.25) is 4.79 Å². The minimum Gasteiger partial charge on any atom is -0.375 e. The lowest BCUT2D eigenvalue weighted by molar-refractivity contribution is -0.136. The summed E-state index contributed by atoms with van der Waals surface area (Å²) >= 11 is 5.91. The fourth-order valence-corrected chi connectivity index (χ4v) is 2.96. The van der Waals surface area contributed by atoms with Crippen molar-refractivity contribution in [3.8, 4) is 11.3 Å². The fraction of sp³-hybridized carbons (Fsp3) is 0.375. The average molecular weight is 320 g/mol. The minimum atomic E-state index is 0.00343. The van der Waals surface area contributed by atoms with Crippen LogP contribution in [0.1, 0.15) is 24.7 Å². The molecule has 0 unspecified atom stereocenters. The quantitative estimate of drug-likeness (QED) is 0.942. The Morgan fingerprint density at radius 2 is 2.23 bits per heavy atom. The molecule has 0 radical (unpaired) electrons. The van der Waals surface area contributed by atoms with E-state index < -0.39 is 0 Å². The van der Waals surface area contributed by atoms with Crippen molar-refractivity contribution in [3.05, 3.63) is 41.3 Å². The molecule has 6 heteroatoms. The molecule has 2 aromatic rings. The van der Waals surface area contributed by atoms with Crippen molar-refractivity contribution in [1.82, 2.24) is 14.9 Å². The van der Waals surface area contributed by atoms with Crippen LogP contribution in [0.2, 0.25) is 5.02 Å². The van der Waals surface area contributed by atoms with E-state index in [9.17, 15) is 4.79 Å². The molecular formula is C16H18ClN3O2. The van der Waals surface area contributed by atoms with Crippen LogP contribution < -0.4 is 0 Å². The van der Waals surface area contributed by atoms with E-state index in [0.29, 0.717) is 5.02 Å². The molecule has 2 heterocycles. The summed E-state index contributed by atoms with van der Waals surface area (Å²) in [6.45, 7) is 0.866. The maximum absolute atomic E-state index is 12.1. The molecule has 0 spiro atoms. The highest BCUT2D eigenvalue weighted by Gasteiger charge is 2.31. The number of aromatic amines is 1. The molecule has 0 aliphatic carbocycles. The number of likely N-dealkylation sites (tertiary alicyclic amines) is 1. The molecule has 1 aliphatic heterocycles. The lowest BCUT2D eigenvalue weighted by Crippen LogP contribution is -2.33. The van der Waals surface area contributed by atoms with Gasteiger partial charge in [0.1, 0.15) is 12.4 Å². The van der Waals surface area contributed by atoms with E-state index in [1.807, 2.05) is 29.2 Å². The predicted molar refractivity (Wildman–Crippen MR) is 84.6 cm³/mol. The number of methoxy groups -OCH3 is 1. The number of H-pyrrole nitrogens is 1. The summed E-state index contributed by atoms with van der Waals surface area (Å²) in [7, 11) is 1.54. The molecule has 3 rings (SSSR count). The van der Waals surface area contributed by atoms with Crippen molar-refractivity contribution < 1.29 is 9.53 Å². The van der Waals surface area contributed by atoms with E-state index in [4.69, 9.17) is 16.3 Å². The zero-order valence-electron chi connectivity index (χ0n) is 12.4. The van der Waals surface area contributed by atoms with Gasteiger partial charge in [-0.25, -0.2) is 4.98 Å². The Morgan fingerprint density at radius 3 is 2.95 bits per heavy atom. The number of hydrogen-bond donors (Lipinski definition) is 1. The summed E-state index contributed by atoms with van der Waals surface area (Å²) in [4.78, 5) is 21.7. The van der Waals surface area contributed by atoms with Crippen LogP contribution in [-0.4, -0.2) is 41.0 Å². The Hall–Kier alpha value is -1.85. The molecule has 0 saturated carbocycles. The number of aromatic nitrogens is 2. The Kier molecular flexibility index (Phi) is 4.45. The molecule has 1 fully saturated rings. The number of rotatable bonds is 4. The Morgan fingerprint density at radius 1 is 1.45 bits per heavy atom. The summed E-state index contributed by atoms with van der Waals surface area (Å²) in [5.41, 5.74) is 1.95. The lowest BCUT2D eigenvalue weighted by Gasteiger charge is -2.22. The van der Waals surface area contributed by atoms with Crippen molar-refractivity contribution in [2.24, 2.45) is 0 Å². The second-order valence-corrected chi connectivity index (χ2v) is 5.80. The Balaban J connectivity index is 1.80. The van der Waals surface area contributed by atoms with E-state index >= 15 is 0 Å². The third-order valence-corrected chi connectivity index (χ3v) is 4.16. The highest BCUT2D eigenvalue weighted by molar-refractivity contribution is 6.30. The summed E-state index contributed by atoms with van der Waals surface area (Å²) in [5, 5.41) is 0.704. The van der Waals surface area contributed by atoms with E-state index in [0.717, 1.165) is 36.5 Å². The van der Waals surface area contributed by atoms with Crippen LogP contribution in [0.4, 0.5) is 0 Å². The van der Waals surface area contributed by atoms with Gasteiger partial charge in [0.05, 0.1) is 17.9 Å². The third kappa shape index (κ3) is 3.00. The average Bonchev–Trinajstić information content (AvgIpc) is 3.17. The standard InChI is InChI=1S/C16H18ClN3O2/c1-22-10-15(21)20-8-2-3-14(20)16-18-9-13(19-16)11-4-6-12(17)7-5-11/h4-7,9,14H,2-3,8,10H2,1H3,(H,18,19)/t14-/m1/s1. The largest absolute Gasteiger partial charge is 0.375 e. The molecule has 1 aliphatic rings. The maximum Gasteiger partial charge on any atom is 0.249 e. The molecule has 1 saturated heterocycles. The second kappa shape index (κ2) is 6.50. The van der Waals surface area contributed by atoms with E-state index in [1.165, 1.54) is 7.11 Å². The van der Waals surface area contributed by atoms with Crippen LogP contribution in [0.5, 0.6) is 0 Å². The molecule has 1 aromatic heterocycles. The Labute approximate surface area is 134 Å². The SMILES string of the molecule is COCC(=O)N1CCC[C@@H]1c1ncc(-c2ccc(Cl)cc2)[nH]1. The van der Waals surface area contributed by atoms with Gasteiger partial charge < -0.3 is 14.6 Å². The normalized spacial score (nSPS) is 17.9. The van der Waals surface area contributed by atoms with Crippen molar-refractivity contribution in [3.63, 3.8) is 0 Å². The first kappa shape index (κ1) is 15.1. The predicted octanol–water partition coefficient (Wildman–Crippen LogP) is 3.04. The number of benzene rings is 1. The summed E-state index contributed by atoms with van der Waals surface area (Å²) < 4.78 is 4.95. The zero-order chi connectivity index (χ0) is 15.5. The van der Waals surface area contributed by atoms with Crippen LogP contribution in [0.15, 0.2) is 30.5 Å². The molecule has 1 aromatic carbocycles. The molecule has 22 heavy (non-hydrogen) atoms. The van der Waals surface area contributed by atoms with Crippen molar-refractivity contribution in [2.45, 2.75) is 18.9 Å². The van der Waals surface area contributed by atoms with Crippen LogP contribution in [-0.2, 0) is 9.53 Å². The first-order valence-electron chi connectivity index (χ1n) is 7.28. The number of nitrogens with one attached hydrogen (secondary N) is 1. The second-order valence-electron chi connectivity index (χ2n) is 5.37. The number of carbonyl (C=O) groups excluding carboxylic acids is 1. The number of ether oxygens (including phenoxy) is 1. The number of hydrogen-bond acceptors (Lipinski definition) is 3. The van der Waals surface area contributed by atoms with Crippen LogP contribution in [0, 0.1) is 0 Å². The molecule has 116 valence electrons. The number of imidazole rings is 1. The first-order valence-corrected chi connectivity index (χ1v) is 7.66. The summed E-state index contributed by atoms with van der Waals surface area (Å²) in [6, 6.07) is 7.59. The van der Waals surface area contributed by atoms with Gasteiger partial charge in [-0.2, -0.15) is 0 Å². The van der Waals surface area contributed by atoms with Crippen LogP contribution in [0.3, 0.4) is 0 Å². The van der Waals surface area contributed by atoms with Gasteiger partial charge in [0.15, 0.2) is 0 Å². The maximum atomic E-state index is 12.1. The molecule has 0 bridgehead atoms. The molecule has 1 atom stereocenters. The molecule has 5 nitrogen and oxygen atoms in total. The van der Waals surface area contributed by atoms with Gasteiger partial charge in [-0.1, -0.05) is 23.7 Å². The smallest absolute Gasteiger partial charge is 0.249 e. The van der Waals surface area contributed by atoms with Crippen LogP contribution >= 0.6 is 11.6 Å². The van der Waals surface area contributed by atoms with Crippen molar-refractivity contribution in [2.75, 3.05) is 20.3 Å². The van der Waals surface area contributed by atoms with Gasteiger partial charge in [0.2, 0.25) is 5.91 Å². The van der Waals surface area contributed by atoms with E-state index in [2.05, 4.69) is 9.97 Å². The van der Waals surface area contributed by atoms with Gasteiger partial charge in [0, 0.05) is 18.7 Å². The number of amides is 1. The highest BCUT2D eigenvalue weighted by Crippen LogP contribution is 2.31. The van der Waals surface area contributed by atoms with Gasteiger partial charge in [0.25, 0.3) is 0 Å². The first-order chi connectivity index (χ1) is 10.7. The Bertz CT molecular complexity index is 654. The number of nitrogens with zero attached hydrogens (tertiary/aromatic N) is 2. The fourth-order valence-electron chi connectivity index (χ4n) is 2.84. The third-order valence-electron chi connectivity index (χ3n) is 3.91. The highest BCUT2D eigenvalue weighted by atomic mass is 35.5. The molecule has 1 N–H and O–H groups in total. The van der Waals surface area contributed by atoms with E-state index in [1.54, 1.807) is 6.20 Å². The van der Waals surface area contributed by atoms with Gasteiger partial charge in [-0.05, 0) is 30.5 Å². The zero-order valence-corrected chi connectivity index (χ0v) is 13.1. The number of carbonyl (C=O) groups is 1. The minimum absolute atomic E-state index is 0.00343. The van der Waals surface area contributed by atoms with Crippen molar-refractivity contribution in [1.29, 1.82) is 0 Å². The molecule has 1 amide bonds. The molecular weight excluding hydrogens is 302 g/mol. The summed E-state index contributed by atoms with van der Waals surface area (Å²) in [5.74, 6) is 0.835.